The van der Waals surface area contributed by atoms with Crippen LogP contribution in [-0.4, -0.2) is 17.9 Å². The average Bonchev–Trinajstić information content (AvgIpc) is 2.35. The van der Waals surface area contributed by atoms with Crippen LogP contribution in [0.3, 0.4) is 0 Å². The molecule has 2 N–H and O–H groups in total. The maximum Gasteiger partial charge on any atom is 0.249 e. The van der Waals surface area contributed by atoms with Crippen LogP contribution in [-0.2, 0) is 16.0 Å². The number of rotatable bonds is 3. The van der Waals surface area contributed by atoms with Gasteiger partial charge in [0, 0.05) is 18.5 Å². The molecular weight excluding hydrogens is 228 g/mol. The predicted octanol–water partition coefficient (Wildman–Crippen LogP) is 1.08. The van der Waals surface area contributed by atoms with Crippen LogP contribution < -0.4 is 10.6 Å². The average molecular weight is 242 g/mol. The zero-order valence-corrected chi connectivity index (χ0v) is 9.90. The Kier molecular flexibility index (Phi) is 3.63. The summed E-state index contributed by atoms with van der Waals surface area (Å²) >= 11 is 0. The van der Waals surface area contributed by atoms with Crippen molar-refractivity contribution < 1.29 is 9.59 Å². The highest BCUT2D eigenvalue weighted by molar-refractivity contribution is 6.01. The van der Waals surface area contributed by atoms with Gasteiger partial charge in [-0.05, 0) is 24.1 Å². The SMILES string of the molecule is C#CCc1ccc(NC2CCC(=O)NC2=O)cc1. The second kappa shape index (κ2) is 5.37. The van der Waals surface area contributed by atoms with Crippen molar-refractivity contribution in [1.82, 2.24) is 5.32 Å². The van der Waals surface area contributed by atoms with Crippen LogP contribution in [0.1, 0.15) is 18.4 Å². The van der Waals surface area contributed by atoms with Crippen LogP contribution in [0.25, 0.3) is 0 Å². The van der Waals surface area contributed by atoms with Crippen molar-refractivity contribution in [3.8, 4) is 12.3 Å². The number of carbonyl (C=O) groups excluding carboxylic acids is 2. The van der Waals surface area contributed by atoms with Crippen molar-refractivity contribution in [3.05, 3.63) is 29.8 Å². The van der Waals surface area contributed by atoms with Gasteiger partial charge in [0.25, 0.3) is 0 Å². The Bertz CT molecular complexity index is 500. The molecule has 0 aromatic heterocycles. The summed E-state index contributed by atoms with van der Waals surface area (Å²) < 4.78 is 0. The molecule has 0 aliphatic carbocycles. The second-order valence-corrected chi connectivity index (χ2v) is 4.23. The van der Waals surface area contributed by atoms with Gasteiger partial charge in [-0.2, -0.15) is 0 Å². The fraction of sp³-hybridized carbons (Fsp3) is 0.286. The Labute approximate surface area is 106 Å². The summed E-state index contributed by atoms with van der Waals surface area (Å²) in [6.45, 7) is 0. The van der Waals surface area contributed by atoms with E-state index in [1.165, 1.54) is 0 Å². The summed E-state index contributed by atoms with van der Waals surface area (Å²) in [6.07, 6.45) is 6.72. The van der Waals surface area contributed by atoms with E-state index in [2.05, 4.69) is 16.6 Å². The van der Waals surface area contributed by atoms with Crippen molar-refractivity contribution in [2.75, 3.05) is 5.32 Å². The van der Waals surface area contributed by atoms with Gasteiger partial charge in [0.05, 0.1) is 0 Å². The van der Waals surface area contributed by atoms with Gasteiger partial charge in [-0.3, -0.25) is 14.9 Å². The van der Waals surface area contributed by atoms with E-state index in [0.717, 1.165) is 11.3 Å². The number of terminal acetylenes is 1. The fourth-order valence-corrected chi connectivity index (χ4v) is 1.87. The first-order valence-corrected chi connectivity index (χ1v) is 5.81. The molecule has 1 aromatic rings. The number of nitrogens with one attached hydrogen (secondary N) is 2. The molecule has 1 fully saturated rings. The Morgan fingerprint density at radius 3 is 2.67 bits per heavy atom. The first-order valence-electron chi connectivity index (χ1n) is 5.81. The van der Waals surface area contributed by atoms with Crippen molar-refractivity contribution in [1.29, 1.82) is 0 Å². The minimum Gasteiger partial charge on any atom is -0.374 e. The van der Waals surface area contributed by atoms with E-state index >= 15 is 0 Å². The standard InChI is InChI=1S/C14H14N2O2/c1-2-3-10-4-6-11(7-5-10)15-12-8-9-13(17)16-14(12)18/h1,4-7,12,15H,3,8-9H2,(H,16,17,18). The van der Waals surface area contributed by atoms with E-state index in [4.69, 9.17) is 6.42 Å². The lowest BCUT2D eigenvalue weighted by Crippen LogP contribution is -2.47. The van der Waals surface area contributed by atoms with Gasteiger partial charge in [0.2, 0.25) is 11.8 Å². The number of hydrogen-bond donors (Lipinski definition) is 2. The molecular formula is C14H14N2O2. The van der Waals surface area contributed by atoms with Gasteiger partial charge in [0.1, 0.15) is 6.04 Å². The zero-order valence-electron chi connectivity index (χ0n) is 9.90. The minimum atomic E-state index is -0.346. The van der Waals surface area contributed by atoms with Crippen LogP contribution in [0.15, 0.2) is 24.3 Å². The van der Waals surface area contributed by atoms with E-state index < -0.39 is 0 Å². The summed E-state index contributed by atoms with van der Waals surface area (Å²) in [6, 6.07) is 7.27. The quantitative estimate of drug-likeness (QED) is 0.616. The van der Waals surface area contributed by atoms with E-state index in [0.29, 0.717) is 19.3 Å². The zero-order chi connectivity index (χ0) is 13.0. The molecule has 18 heavy (non-hydrogen) atoms. The van der Waals surface area contributed by atoms with Crippen LogP contribution >= 0.6 is 0 Å². The van der Waals surface area contributed by atoms with Gasteiger partial charge in [-0.15, -0.1) is 12.3 Å². The maximum atomic E-state index is 11.6. The third-order valence-corrected chi connectivity index (χ3v) is 2.84. The van der Waals surface area contributed by atoms with Gasteiger partial charge in [-0.25, -0.2) is 0 Å². The first kappa shape index (κ1) is 12.2. The monoisotopic (exact) mass is 242 g/mol. The number of piperidine rings is 1. The molecule has 2 rings (SSSR count). The molecule has 2 amide bonds. The summed E-state index contributed by atoms with van der Waals surface area (Å²) in [4.78, 5) is 22.6. The van der Waals surface area contributed by atoms with Crippen LogP contribution in [0.2, 0.25) is 0 Å². The molecule has 1 aromatic carbocycles. The third-order valence-electron chi connectivity index (χ3n) is 2.84. The molecule has 0 spiro atoms. The Balaban J connectivity index is 1.99. The maximum absolute atomic E-state index is 11.6. The minimum absolute atomic E-state index is 0.206. The Morgan fingerprint density at radius 2 is 2.06 bits per heavy atom. The summed E-state index contributed by atoms with van der Waals surface area (Å²) in [7, 11) is 0. The topological polar surface area (TPSA) is 58.2 Å². The molecule has 1 aliphatic rings. The molecule has 1 heterocycles. The molecule has 0 radical (unpaired) electrons. The molecule has 4 nitrogen and oxygen atoms in total. The highest BCUT2D eigenvalue weighted by Gasteiger charge is 2.26. The largest absolute Gasteiger partial charge is 0.374 e. The van der Waals surface area contributed by atoms with Crippen LogP contribution in [0, 0.1) is 12.3 Å². The normalized spacial score (nSPS) is 18.9. The van der Waals surface area contributed by atoms with Crippen molar-refractivity contribution in [2.45, 2.75) is 25.3 Å². The van der Waals surface area contributed by atoms with Gasteiger partial charge >= 0.3 is 0 Å². The molecule has 92 valence electrons. The molecule has 1 aliphatic heterocycles. The number of benzene rings is 1. The lowest BCUT2D eigenvalue weighted by atomic mass is 10.1. The van der Waals surface area contributed by atoms with Gasteiger partial charge in [-0.1, -0.05) is 12.1 Å². The first-order chi connectivity index (χ1) is 8.69. The predicted molar refractivity (Wildman–Crippen MR) is 68.8 cm³/mol. The molecule has 4 heteroatoms. The van der Waals surface area contributed by atoms with E-state index in [-0.39, 0.29) is 17.9 Å². The number of hydrogen-bond acceptors (Lipinski definition) is 3. The fourth-order valence-electron chi connectivity index (χ4n) is 1.87. The van der Waals surface area contributed by atoms with Crippen molar-refractivity contribution >= 4 is 17.5 Å². The molecule has 1 atom stereocenters. The second-order valence-electron chi connectivity index (χ2n) is 4.23. The van der Waals surface area contributed by atoms with E-state index in [1.807, 2.05) is 24.3 Å². The number of carbonyl (C=O) groups is 2. The lowest BCUT2D eigenvalue weighted by molar-refractivity contribution is -0.133. The third kappa shape index (κ3) is 2.89. The van der Waals surface area contributed by atoms with Crippen molar-refractivity contribution in [3.63, 3.8) is 0 Å². The highest BCUT2D eigenvalue weighted by Crippen LogP contribution is 2.14. The van der Waals surface area contributed by atoms with E-state index in [9.17, 15) is 9.59 Å². The lowest BCUT2D eigenvalue weighted by Gasteiger charge is -2.22. The highest BCUT2D eigenvalue weighted by atomic mass is 16.2. The van der Waals surface area contributed by atoms with Crippen LogP contribution in [0.4, 0.5) is 5.69 Å². The number of amides is 2. The Hall–Kier alpha value is -2.28. The van der Waals surface area contributed by atoms with E-state index in [1.54, 1.807) is 0 Å². The molecule has 0 bridgehead atoms. The van der Waals surface area contributed by atoms with Crippen LogP contribution in [0.5, 0.6) is 0 Å². The number of imide groups is 1. The van der Waals surface area contributed by atoms with Gasteiger partial charge in [0.15, 0.2) is 0 Å². The van der Waals surface area contributed by atoms with Gasteiger partial charge < -0.3 is 5.32 Å². The molecule has 1 unspecified atom stereocenters. The van der Waals surface area contributed by atoms with Crippen molar-refractivity contribution in [2.24, 2.45) is 0 Å². The summed E-state index contributed by atoms with van der Waals surface area (Å²) in [5.41, 5.74) is 1.91. The number of anilines is 1. The Morgan fingerprint density at radius 1 is 1.33 bits per heavy atom. The smallest absolute Gasteiger partial charge is 0.249 e. The summed E-state index contributed by atoms with van der Waals surface area (Å²) in [5.74, 6) is 2.10. The summed E-state index contributed by atoms with van der Waals surface area (Å²) in [5, 5.41) is 5.42. The molecule has 0 saturated carbocycles. The molecule has 1 saturated heterocycles.